The van der Waals surface area contributed by atoms with E-state index in [4.69, 9.17) is 136 Å². The number of methoxy groups -OCH3 is 2. The van der Waals surface area contributed by atoms with Crippen LogP contribution in [0.3, 0.4) is 0 Å². The molecule has 6 aliphatic heterocycles. The molecule has 7 fully saturated rings. The topological polar surface area (TPSA) is 616 Å². The molecule has 15 N–H and O–H groups in total. The zero-order chi connectivity index (χ0) is 89.5. The third kappa shape index (κ3) is 32.4. The quantitative estimate of drug-likeness (QED) is 0.0294. The second kappa shape index (κ2) is 51.2. The third-order valence-corrected chi connectivity index (χ3v) is 17.7. The SMILES string of the molecule is C=COC(C)C.CC(C)OC(C)OC[C@H]1OC[C@@H](n2ccc(N)nc2=O)O1.COC1(OC[C@H]2OC[C@@H](n3ccc(N)nc3=O)O2)CCCCC1.COC1=CCCCC1.Nc1ccn([C@@H]2CO[C@H](CO)O2)c(=O)n1.Nc1ccn([C@@H]2CO[C@H](CO)O2)c(=O)n1.Nc1ccn([C@@H]2CO[C@H](CO)O2)c(=O)n1.[2H]CCC(=O)Nc1ccn([C@@H]2CO[C@H](CO)O2)c(=O)n1. The van der Waals surface area contributed by atoms with Gasteiger partial charge < -0.3 is 140 Å². The van der Waals surface area contributed by atoms with Crippen LogP contribution in [0.4, 0.5) is 34.9 Å². The summed E-state index contributed by atoms with van der Waals surface area (Å²) in [4.78, 5) is 103. The van der Waals surface area contributed by atoms with Crippen LogP contribution in [0, 0.1) is 0 Å². The Hall–Kier alpha value is -9.97. The lowest BCUT2D eigenvalue weighted by Gasteiger charge is -2.36. The lowest BCUT2D eigenvalue weighted by molar-refractivity contribution is -0.264. The minimum Gasteiger partial charge on any atom is -0.501 e. The van der Waals surface area contributed by atoms with Crippen molar-refractivity contribution in [2.24, 2.45) is 0 Å². The predicted octanol–water partition coefficient (Wildman–Crippen LogP) is 0.674. The van der Waals surface area contributed by atoms with Crippen molar-refractivity contribution in [1.29, 1.82) is 0 Å². The van der Waals surface area contributed by atoms with Gasteiger partial charge in [0.2, 0.25) is 5.91 Å². The molecule has 13 atom stereocenters. The summed E-state index contributed by atoms with van der Waals surface area (Å²) in [5.74, 6) is 1.24. The van der Waals surface area contributed by atoms with Gasteiger partial charge in [-0.1, -0.05) is 19.9 Å². The van der Waals surface area contributed by atoms with Crippen LogP contribution in [-0.4, -0.2) is 239 Å². The number of allylic oxidation sites excluding steroid dienone is 2. The van der Waals surface area contributed by atoms with Crippen molar-refractivity contribution < 1.29 is 112 Å². The van der Waals surface area contributed by atoms with E-state index >= 15 is 0 Å². The van der Waals surface area contributed by atoms with E-state index in [1.165, 1.54) is 126 Å². The van der Waals surface area contributed by atoms with Gasteiger partial charge in [-0.3, -0.25) is 32.2 Å². The van der Waals surface area contributed by atoms with Gasteiger partial charge in [0.15, 0.2) is 87.2 Å². The molecule has 1 amide bonds. The number of aliphatic hydroxyl groups excluding tert-OH is 4. The number of nitrogens with one attached hydrogen (secondary N) is 1. The molecule has 6 aromatic rings. The Morgan fingerprint density at radius 3 is 1.12 bits per heavy atom. The van der Waals surface area contributed by atoms with Gasteiger partial charge in [-0.15, -0.1) is 0 Å². The van der Waals surface area contributed by atoms with Crippen LogP contribution >= 0.6 is 0 Å². The molecule has 122 heavy (non-hydrogen) atoms. The van der Waals surface area contributed by atoms with Crippen molar-refractivity contribution in [2.75, 3.05) is 127 Å². The number of aromatic nitrogens is 12. The third-order valence-electron chi connectivity index (χ3n) is 17.7. The summed E-state index contributed by atoms with van der Waals surface area (Å²) in [6, 6.07) is 9.04. The van der Waals surface area contributed by atoms with Crippen molar-refractivity contribution in [1.82, 2.24) is 57.3 Å². The largest absolute Gasteiger partial charge is 0.501 e. The van der Waals surface area contributed by atoms with E-state index in [0.717, 1.165) is 32.1 Å². The van der Waals surface area contributed by atoms with Crippen molar-refractivity contribution in [2.45, 2.75) is 205 Å². The van der Waals surface area contributed by atoms with Crippen LogP contribution < -0.4 is 68.1 Å². The number of aliphatic hydroxyl groups is 4. The fourth-order valence-electron chi connectivity index (χ4n) is 11.8. The molecule has 47 heteroatoms. The molecule has 6 aromatic heterocycles. The molecule has 0 spiro atoms. The van der Waals surface area contributed by atoms with Gasteiger partial charge >= 0.3 is 34.1 Å². The first-order valence-electron chi connectivity index (χ1n) is 39.7. The normalized spacial score (nSPS) is 24.0. The first-order valence-corrected chi connectivity index (χ1v) is 39.0. The van der Waals surface area contributed by atoms with Gasteiger partial charge in [-0.05, 0) is 109 Å². The average molecular weight is 1730 g/mol. The van der Waals surface area contributed by atoms with Crippen LogP contribution in [0.1, 0.15) is 144 Å². The Morgan fingerprint density at radius 2 is 0.852 bits per heavy atom. The summed E-state index contributed by atoms with van der Waals surface area (Å²) in [7, 11) is 3.42. The van der Waals surface area contributed by atoms with Gasteiger partial charge in [0.05, 0.1) is 97.4 Å². The summed E-state index contributed by atoms with van der Waals surface area (Å²) < 4.78 is 111. The van der Waals surface area contributed by atoms with E-state index in [9.17, 15) is 33.6 Å². The molecule has 0 bridgehead atoms. The Labute approximate surface area is 701 Å². The zero-order valence-electron chi connectivity index (χ0n) is 70.0. The summed E-state index contributed by atoms with van der Waals surface area (Å²) in [6.45, 7) is 13.7. The van der Waals surface area contributed by atoms with Gasteiger partial charge in [-0.2, -0.15) is 29.9 Å². The molecule has 1 saturated carbocycles. The predicted molar refractivity (Wildman–Crippen MR) is 430 cm³/mol. The molecular formula is C75H114N18O29. The molecule has 6 saturated heterocycles. The maximum absolute atomic E-state index is 11.8. The summed E-state index contributed by atoms with van der Waals surface area (Å²) >= 11 is 0. The number of nitrogen functional groups attached to an aromatic ring is 5. The molecular weight excluding hydrogens is 1620 g/mol. The maximum atomic E-state index is 11.8. The van der Waals surface area contributed by atoms with E-state index < -0.39 is 115 Å². The summed E-state index contributed by atoms with van der Waals surface area (Å²) in [5, 5.41) is 37.6. The number of anilines is 6. The van der Waals surface area contributed by atoms with Gasteiger partial charge in [0, 0.05) is 71.3 Å². The van der Waals surface area contributed by atoms with Crippen LogP contribution in [0.5, 0.6) is 0 Å². The van der Waals surface area contributed by atoms with E-state index in [2.05, 4.69) is 47.9 Å². The highest BCUT2D eigenvalue weighted by Gasteiger charge is 2.38. The molecule has 0 aromatic carbocycles. The molecule has 678 valence electrons. The molecule has 47 nitrogen and oxygen atoms in total. The minimum atomic E-state index is -0.747. The second-order valence-corrected chi connectivity index (χ2v) is 27.4. The minimum absolute atomic E-state index is 0.0291. The van der Waals surface area contributed by atoms with Crippen LogP contribution in [0.25, 0.3) is 0 Å². The van der Waals surface area contributed by atoms with Crippen LogP contribution in [0.15, 0.2) is 127 Å². The first-order chi connectivity index (χ1) is 59.0. The van der Waals surface area contributed by atoms with Crippen molar-refractivity contribution >= 4 is 40.8 Å². The van der Waals surface area contributed by atoms with Crippen molar-refractivity contribution in [3.63, 3.8) is 0 Å². The Bertz CT molecular complexity index is 4410. The number of nitrogens with two attached hydrogens (primary N) is 5. The highest BCUT2D eigenvalue weighted by molar-refractivity contribution is 5.89. The Balaban J connectivity index is 0.000000198. The number of hydrogen-bond acceptors (Lipinski definition) is 40. The van der Waals surface area contributed by atoms with Crippen LogP contribution in [-0.2, 0) is 90.1 Å². The first kappa shape index (κ1) is 97.5. The summed E-state index contributed by atoms with van der Waals surface area (Å²) in [5.41, 5.74) is 23.9. The Kier molecular flexibility index (Phi) is 40.9. The number of rotatable bonds is 24. The molecule has 1 unspecified atom stereocenters. The highest BCUT2D eigenvalue weighted by atomic mass is 16.8. The molecule has 8 aliphatic rings. The smallest absolute Gasteiger partial charge is 0.351 e. The second-order valence-electron chi connectivity index (χ2n) is 27.4. The van der Waals surface area contributed by atoms with Gasteiger partial charge in [-0.25, -0.2) is 28.8 Å². The fraction of sp³-hybridized carbons (Fsp3) is 0.613. The highest BCUT2D eigenvalue weighted by Crippen LogP contribution is 2.34. The monoisotopic (exact) mass is 1730 g/mol. The molecule has 14 rings (SSSR count). The van der Waals surface area contributed by atoms with Gasteiger partial charge in [0.1, 0.15) is 48.1 Å². The fourth-order valence-corrected chi connectivity index (χ4v) is 11.8. The number of ether oxygens (including phenoxy) is 18. The lowest BCUT2D eigenvalue weighted by Crippen LogP contribution is -2.39. The van der Waals surface area contributed by atoms with E-state index in [-0.39, 0.29) is 152 Å². The molecule has 12 heterocycles. The Morgan fingerprint density at radius 1 is 0.508 bits per heavy atom. The van der Waals surface area contributed by atoms with Crippen molar-refractivity contribution in [3.8, 4) is 0 Å². The molecule has 2 aliphatic carbocycles. The van der Waals surface area contributed by atoms with Gasteiger partial charge in [0.25, 0.3) is 0 Å². The maximum Gasteiger partial charge on any atom is 0.351 e. The number of nitrogens with zero attached hydrogens (tertiary/aromatic N) is 12. The van der Waals surface area contributed by atoms with E-state index in [0.29, 0.717) is 0 Å². The zero-order valence-corrected chi connectivity index (χ0v) is 69.0. The standard InChI is InChI=1S/C15H23N3O5.C13H21N3O5.C11H15N3O5.3C8H11N3O4.C7H12O.C5H10O/c1-20-15(6-3-2-4-7-15)22-10-13-21-9-12(23-13)18-8-5-11(16)17-14(18)19;1-8(2)20-9(3)18-7-12-19-6-11(21-12)16-5-4-10(14)15-13(16)17;1-2-8(16)12-7-3-4-14(11(17)13-7)9-6-18-10(5-15)19-9;3*9-5-1-2-11(8(13)10-5)6-4-14-7(3-12)15-6;1-8-7-5-3-2-4-6-7;1-4-6-5(2)3/h5,8,12-13H,2-4,6-7,9-10H2,1H3,(H2,16,17,19);4-5,8-9,11-12H,6-7H2,1-3H3,(H2,14,15,17);3-4,9-10,15H,2,5-6H2,1H3,(H,12,13,16,17);3*1-2,6-7,12H,3-4H2,(H2,9,10,13);5H,2-4,6H2,1H3;4-5H,1H2,2-3H3/t12-,13-;9?,11-,12-;9-,10-;3*6-,7-;;/m000000../s1/i;;1D;;;;;. The lowest BCUT2D eigenvalue weighted by atomic mass is 9.94. The average Bonchev–Trinajstić information content (AvgIpc) is 2.00. The van der Waals surface area contributed by atoms with Crippen LogP contribution in [0.2, 0.25) is 0 Å². The number of amides is 1. The molecule has 0 radical (unpaired) electrons. The van der Waals surface area contributed by atoms with E-state index in [1.54, 1.807) is 33.4 Å². The summed E-state index contributed by atoms with van der Waals surface area (Å²) in [6.07, 6.45) is 15.6. The van der Waals surface area contributed by atoms with Crippen molar-refractivity contribution in [3.05, 3.63) is 161 Å². The number of carbonyl (C=O) groups excluding carboxylic acids is 1. The number of carbonyl (C=O) groups is 1. The van der Waals surface area contributed by atoms with E-state index in [1.807, 2.05) is 27.7 Å². The number of hydrogen-bond donors (Lipinski definition) is 10.